The molecule has 0 saturated heterocycles. The molecule has 1 aliphatic rings. The van der Waals surface area contributed by atoms with Gasteiger partial charge in [0, 0.05) is 32.4 Å². The Hall–Kier alpha value is -1.75. The van der Waals surface area contributed by atoms with Gasteiger partial charge in [-0.15, -0.1) is 0 Å². The van der Waals surface area contributed by atoms with Crippen LogP contribution in [0.4, 0.5) is 11.4 Å². The molecule has 5 nitrogen and oxygen atoms in total. The molecule has 0 spiro atoms. The fourth-order valence-corrected chi connectivity index (χ4v) is 2.04. The van der Waals surface area contributed by atoms with Crippen LogP contribution in [0.2, 0.25) is 0 Å². The quantitative estimate of drug-likeness (QED) is 0.862. The summed E-state index contributed by atoms with van der Waals surface area (Å²) >= 11 is 0. The molecule has 1 atom stereocenters. The minimum absolute atomic E-state index is 0.0329. The average molecular weight is 249 g/mol. The van der Waals surface area contributed by atoms with Crippen molar-refractivity contribution in [3.05, 3.63) is 18.2 Å². The first-order chi connectivity index (χ1) is 8.49. The summed E-state index contributed by atoms with van der Waals surface area (Å²) in [6.45, 7) is 2.84. The largest absolute Gasteiger partial charge is 0.482 e. The number of likely N-dealkylation sites (N-methyl/N-ethyl adjacent to an activating group) is 2. The van der Waals surface area contributed by atoms with Gasteiger partial charge in [-0.05, 0) is 25.1 Å². The number of benzene rings is 1. The lowest BCUT2D eigenvalue weighted by molar-refractivity contribution is -0.120. The average Bonchev–Trinajstić information content (AvgIpc) is 2.33. The van der Waals surface area contributed by atoms with Gasteiger partial charge in [0.1, 0.15) is 5.75 Å². The minimum Gasteiger partial charge on any atom is -0.482 e. The monoisotopic (exact) mass is 249 g/mol. The summed E-state index contributed by atoms with van der Waals surface area (Å²) in [7, 11) is 3.75. The molecule has 0 fully saturated rings. The number of rotatable bonds is 3. The Bertz CT molecular complexity index is 460. The van der Waals surface area contributed by atoms with Gasteiger partial charge >= 0.3 is 0 Å². The van der Waals surface area contributed by atoms with Crippen LogP contribution in [0.15, 0.2) is 18.2 Å². The summed E-state index contributed by atoms with van der Waals surface area (Å²) in [5.74, 6) is 0.713. The van der Waals surface area contributed by atoms with E-state index in [9.17, 15) is 4.79 Å². The van der Waals surface area contributed by atoms with Crippen molar-refractivity contribution >= 4 is 17.3 Å². The lowest BCUT2D eigenvalue weighted by Crippen LogP contribution is -2.36. The van der Waals surface area contributed by atoms with Crippen molar-refractivity contribution in [1.29, 1.82) is 0 Å². The van der Waals surface area contributed by atoms with Gasteiger partial charge in [0.25, 0.3) is 5.91 Å². The van der Waals surface area contributed by atoms with Gasteiger partial charge in [0.2, 0.25) is 0 Å². The van der Waals surface area contributed by atoms with Crippen LogP contribution in [0.1, 0.15) is 6.92 Å². The van der Waals surface area contributed by atoms with Gasteiger partial charge < -0.3 is 20.3 Å². The van der Waals surface area contributed by atoms with E-state index in [1.54, 1.807) is 11.9 Å². The third kappa shape index (κ3) is 2.41. The number of amides is 1. The Morgan fingerprint density at radius 2 is 2.28 bits per heavy atom. The maximum absolute atomic E-state index is 11.6. The van der Waals surface area contributed by atoms with Gasteiger partial charge in [-0.25, -0.2) is 0 Å². The molecule has 18 heavy (non-hydrogen) atoms. The zero-order valence-electron chi connectivity index (χ0n) is 11.0. The second kappa shape index (κ2) is 4.86. The highest BCUT2D eigenvalue weighted by molar-refractivity contribution is 5.97. The highest BCUT2D eigenvalue weighted by Crippen LogP contribution is 2.34. The lowest BCUT2D eigenvalue weighted by Gasteiger charge is -2.28. The van der Waals surface area contributed by atoms with Crippen LogP contribution in [-0.2, 0) is 4.79 Å². The summed E-state index contributed by atoms with van der Waals surface area (Å²) in [4.78, 5) is 15.3. The fourth-order valence-electron chi connectivity index (χ4n) is 2.04. The molecule has 0 bridgehead atoms. The van der Waals surface area contributed by atoms with Crippen molar-refractivity contribution in [2.45, 2.75) is 13.0 Å². The maximum Gasteiger partial charge on any atom is 0.264 e. The number of ether oxygens (including phenoxy) is 1. The molecule has 0 aliphatic carbocycles. The molecule has 0 radical (unpaired) electrons. The van der Waals surface area contributed by atoms with Crippen LogP contribution in [0.3, 0.4) is 0 Å². The summed E-state index contributed by atoms with van der Waals surface area (Å²) in [5, 5.41) is 0. The Labute approximate surface area is 107 Å². The fraction of sp³-hybridized carbons (Fsp3) is 0.462. The smallest absolute Gasteiger partial charge is 0.264 e. The van der Waals surface area contributed by atoms with Crippen molar-refractivity contribution in [2.75, 3.05) is 37.0 Å². The molecule has 1 aromatic carbocycles. The maximum atomic E-state index is 11.6. The number of hydrogen-bond donors (Lipinski definition) is 1. The Balaban J connectivity index is 2.28. The number of carbonyl (C=O) groups excluding carboxylic acids is 1. The highest BCUT2D eigenvalue weighted by Gasteiger charge is 2.22. The van der Waals surface area contributed by atoms with Crippen LogP contribution in [-0.4, -0.2) is 39.2 Å². The van der Waals surface area contributed by atoms with Crippen LogP contribution < -0.4 is 20.3 Å². The van der Waals surface area contributed by atoms with Crippen LogP contribution in [0, 0.1) is 0 Å². The molecule has 1 amide bonds. The number of fused-ring (bicyclic) bond motifs is 1. The number of nitrogens with zero attached hydrogens (tertiary/aromatic N) is 2. The first-order valence-corrected chi connectivity index (χ1v) is 5.99. The summed E-state index contributed by atoms with van der Waals surface area (Å²) in [6.07, 6.45) is 0. The molecule has 0 saturated carbocycles. The van der Waals surface area contributed by atoms with Crippen LogP contribution in [0.5, 0.6) is 5.75 Å². The third-order valence-electron chi connectivity index (χ3n) is 3.03. The van der Waals surface area contributed by atoms with Gasteiger partial charge in [-0.2, -0.15) is 0 Å². The van der Waals surface area contributed by atoms with E-state index in [0.29, 0.717) is 0 Å². The first kappa shape index (κ1) is 12.7. The van der Waals surface area contributed by atoms with Crippen molar-refractivity contribution in [3.8, 4) is 5.75 Å². The molecule has 0 aromatic heterocycles. The summed E-state index contributed by atoms with van der Waals surface area (Å²) in [5.41, 5.74) is 7.62. The van der Waals surface area contributed by atoms with E-state index in [-0.39, 0.29) is 18.6 Å². The Morgan fingerprint density at radius 3 is 2.94 bits per heavy atom. The standard InChI is InChI=1S/C13H19N3O2/c1-9(14)7-15(2)10-4-5-12-11(6-10)16(3)13(17)8-18-12/h4-6,9H,7-8,14H2,1-3H3. The number of carbonyl (C=O) groups is 1. The minimum atomic E-state index is -0.0329. The second-order valence-electron chi connectivity index (χ2n) is 4.75. The van der Waals surface area contributed by atoms with E-state index >= 15 is 0 Å². The van der Waals surface area contributed by atoms with Gasteiger partial charge in [-0.1, -0.05) is 0 Å². The molecule has 1 aromatic rings. The topological polar surface area (TPSA) is 58.8 Å². The SMILES string of the molecule is CC(N)CN(C)c1ccc2c(c1)N(C)C(=O)CO2. The van der Waals surface area contributed by atoms with Crippen LogP contribution in [0.25, 0.3) is 0 Å². The van der Waals surface area contributed by atoms with Gasteiger partial charge in [0.05, 0.1) is 5.69 Å². The molecular formula is C13H19N3O2. The van der Waals surface area contributed by atoms with Crippen molar-refractivity contribution in [2.24, 2.45) is 5.73 Å². The molecule has 1 heterocycles. The van der Waals surface area contributed by atoms with E-state index in [2.05, 4.69) is 4.90 Å². The molecule has 2 rings (SSSR count). The number of hydrogen-bond acceptors (Lipinski definition) is 4. The summed E-state index contributed by atoms with van der Waals surface area (Å²) < 4.78 is 5.39. The Kier molecular flexibility index (Phi) is 3.43. The highest BCUT2D eigenvalue weighted by atomic mass is 16.5. The molecule has 5 heteroatoms. The zero-order chi connectivity index (χ0) is 13.3. The Morgan fingerprint density at radius 1 is 1.56 bits per heavy atom. The number of nitrogens with two attached hydrogens (primary N) is 1. The molecule has 98 valence electrons. The second-order valence-corrected chi connectivity index (χ2v) is 4.75. The zero-order valence-corrected chi connectivity index (χ0v) is 11.0. The first-order valence-electron chi connectivity index (χ1n) is 5.99. The predicted molar refractivity (Wildman–Crippen MR) is 72.3 cm³/mol. The van der Waals surface area contributed by atoms with E-state index < -0.39 is 0 Å². The lowest BCUT2D eigenvalue weighted by atomic mass is 10.2. The summed E-state index contributed by atoms with van der Waals surface area (Å²) in [6, 6.07) is 5.92. The van der Waals surface area contributed by atoms with Gasteiger partial charge in [-0.3, -0.25) is 4.79 Å². The molecule has 2 N–H and O–H groups in total. The van der Waals surface area contributed by atoms with Gasteiger partial charge in [0.15, 0.2) is 6.61 Å². The van der Waals surface area contributed by atoms with E-state index in [1.165, 1.54) is 0 Å². The van der Waals surface area contributed by atoms with E-state index in [4.69, 9.17) is 10.5 Å². The predicted octanol–water partition coefficient (Wildman–Crippen LogP) is 0.825. The molecule has 1 aliphatic heterocycles. The third-order valence-corrected chi connectivity index (χ3v) is 3.03. The molecule has 1 unspecified atom stereocenters. The van der Waals surface area contributed by atoms with Crippen molar-refractivity contribution in [3.63, 3.8) is 0 Å². The normalized spacial score (nSPS) is 16.0. The van der Waals surface area contributed by atoms with Crippen molar-refractivity contribution < 1.29 is 9.53 Å². The van der Waals surface area contributed by atoms with Crippen LogP contribution >= 0.6 is 0 Å². The van der Waals surface area contributed by atoms with E-state index in [0.717, 1.165) is 23.7 Å². The molecular weight excluding hydrogens is 230 g/mol. The number of anilines is 2. The van der Waals surface area contributed by atoms with E-state index in [1.807, 2.05) is 32.2 Å². The van der Waals surface area contributed by atoms with Crippen molar-refractivity contribution in [1.82, 2.24) is 0 Å².